The average Bonchev–Trinajstić information content (AvgIpc) is 2.93. The van der Waals surface area contributed by atoms with Gasteiger partial charge in [-0.05, 0) is 35.9 Å². The third-order valence-electron chi connectivity index (χ3n) is 3.14. The van der Waals surface area contributed by atoms with Crippen molar-refractivity contribution in [3.8, 4) is 28.4 Å². The lowest BCUT2D eigenvalue weighted by Gasteiger charge is -2.10. The highest BCUT2D eigenvalue weighted by molar-refractivity contribution is 5.90. The van der Waals surface area contributed by atoms with E-state index in [2.05, 4.69) is 0 Å². The number of ether oxygens (including phenoxy) is 3. The Morgan fingerprint density at radius 1 is 1.15 bits per heavy atom. The fourth-order valence-corrected chi connectivity index (χ4v) is 2.13. The number of carbonyl (C=O) groups excluding carboxylic acids is 1. The number of benzene rings is 2. The van der Waals surface area contributed by atoms with E-state index in [0.717, 1.165) is 0 Å². The second-order valence-corrected chi connectivity index (χ2v) is 4.26. The lowest BCUT2D eigenvalue weighted by molar-refractivity contribution is 0.112. The molecule has 0 atom stereocenters. The van der Waals surface area contributed by atoms with E-state index in [0.29, 0.717) is 34.7 Å². The SMILES string of the molecule is COc1ccc(F)c(-c2cc3c(cc2C=O)OCO3)c1. The van der Waals surface area contributed by atoms with E-state index in [1.54, 1.807) is 18.2 Å². The molecule has 0 amide bonds. The molecular formula is C15H11FO4. The number of rotatable bonds is 3. The molecule has 0 spiro atoms. The molecule has 0 bridgehead atoms. The molecule has 3 rings (SSSR count). The van der Waals surface area contributed by atoms with Gasteiger partial charge in [0.15, 0.2) is 17.8 Å². The number of hydrogen-bond donors (Lipinski definition) is 0. The van der Waals surface area contributed by atoms with Gasteiger partial charge in [0.05, 0.1) is 7.11 Å². The number of carbonyl (C=O) groups is 1. The van der Waals surface area contributed by atoms with Crippen LogP contribution in [0.3, 0.4) is 0 Å². The molecule has 1 aliphatic heterocycles. The highest BCUT2D eigenvalue weighted by Gasteiger charge is 2.19. The Morgan fingerprint density at radius 3 is 2.60 bits per heavy atom. The minimum atomic E-state index is -0.437. The predicted molar refractivity (Wildman–Crippen MR) is 69.9 cm³/mol. The summed E-state index contributed by atoms with van der Waals surface area (Å²) >= 11 is 0. The zero-order chi connectivity index (χ0) is 14.1. The van der Waals surface area contributed by atoms with Gasteiger partial charge >= 0.3 is 0 Å². The molecule has 4 nitrogen and oxygen atoms in total. The van der Waals surface area contributed by atoms with Crippen molar-refractivity contribution in [2.75, 3.05) is 13.9 Å². The van der Waals surface area contributed by atoms with E-state index in [-0.39, 0.29) is 12.4 Å². The largest absolute Gasteiger partial charge is 0.497 e. The highest BCUT2D eigenvalue weighted by atomic mass is 19.1. The maximum Gasteiger partial charge on any atom is 0.231 e. The fraction of sp³-hybridized carbons (Fsp3) is 0.133. The van der Waals surface area contributed by atoms with Crippen molar-refractivity contribution in [2.24, 2.45) is 0 Å². The molecule has 102 valence electrons. The summed E-state index contributed by atoms with van der Waals surface area (Å²) in [4.78, 5) is 11.2. The predicted octanol–water partition coefficient (Wildman–Crippen LogP) is 3.04. The monoisotopic (exact) mass is 274 g/mol. The highest BCUT2D eigenvalue weighted by Crippen LogP contribution is 2.39. The van der Waals surface area contributed by atoms with Gasteiger partial charge < -0.3 is 14.2 Å². The summed E-state index contributed by atoms with van der Waals surface area (Å²) < 4.78 is 29.6. The first-order valence-corrected chi connectivity index (χ1v) is 5.95. The zero-order valence-electron chi connectivity index (χ0n) is 10.7. The van der Waals surface area contributed by atoms with Crippen molar-refractivity contribution in [1.82, 2.24) is 0 Å². The van der Waals surface area contributed by atoms with E-state index in [9.17, 15) is 9.18 Å². The van der Waals surface area contributed by atoms with E-state index < -0.39 is 5.82 Å². The van der Waals surface area contributed by atoms with E-state index >= 15 is 0 Å². The van der Waals surface area contributed by atoms with Crippen molar-refractivity contribution < 1.29 is 23.4 Å². The molecular weight excluding hydrogens is 263 g/mol. The summed E-state index contributed by atoms with van der Waals surface area (Å²) in [5, 5.41) is 0. The molecule has 2 aromatic carbocycles. The molecule has 0 aliphatic carbocycles. The molecule has 0 unspecified atom stereocenters. The molecule has 0 fully saturated rings. The van der Waals surface area contributed by atoms with Gasteiger partial charge in [0.25, 0.3) is 0 Å². The standard InChI is InChI=1S/C15H11FO4/c1-18-10-2-3-13(16)12(5-10)11-6-15-14(19-8-20-15)4-9(11)7-17/h2-7H,8H2,1H3. The summed E-state index contributed by atoms with van der Waals surface area (Å²) in [6.07, 6.45) is 0.663. The van der Waals surface area contributed by atoms with Crippen LogP contribution in [0.2, 0.25) is 0 Å². The Kier molecular flexibility index (Phi) is 3.02. The summed E-state index contributed by atoms with van der Waals surface area (Å²) in [5.74, 6) is 1.05. The summed E-state index contributed by atoms with van der Waals surface area (Å²) in [6, 6.07) is 7.51. The van der Waals surface area contributed by atoms with Gasteiger partial charge in [-0.2, -0.15) is 0 Å². The smallest absolute Gasteiger partial charge is 0.231 e. The molecule has 0 aromatic heterocycles. The second-order valence-electron chi connectivity index (χ2n) is 4.26. The van der Waals surface area contributed by atoms with Gasteiger partial charge in [-0.25, -0.2) is 4.39 Å². The van der Waals surface area contributed by atoms with Gasteiger partial charge in [0.1, 0.15) is 11.6 Å². The molecule has 1 aliphatic rings. The quantitative estimate of drug-likeness (QED) is 0.807. The van der Waals surface area contributed by atoms with Crippen LogP contribution in [0.25, 0.3) is 11.1 Å². The van der Waals surface area contributed by atoms with Crippen molar-refractivity contribution in [3.63, 3.8) is 0 Å². The number of methoxy groups -OCH3 is 1. The second kappa shape index (κ2) is 4.85. The van der Waals surface area contributed by atoms with Crippen molar-refractivity contribution >= 4 is 6.29 Å². The maximum atomic E-state index is 14.0. The lowest BCUT2D eigenvalue weighted by Crippen LogP contribution is -1.93. The van der Waals surface area contributed by atoms with Crippen LogP contribution < -0.4 is 14.2 Å². The summed E-state index contributed by atoms with van der Waals surface area (Å²) in [7, 11) is 1.50. The number of hydrogen-bond acceptors (Lipinski definition) is 4. The van der Waals surface area contributed by atoms with Gasteiger partial charge in [-0.3, -0.25) is 4.79 Å². The Balaban J connectivity index is 2.21. The van der Waals surface area contributed by atoms with Gasteiger partial charge in [-0.1, -0.05) is 0 Å². The van der Waals surface area contributed by atoms with Gasteiger partial charge in [-0.15, -0.1) is 0 Å². The molecule has 0 saturated heterocycles. The fourth-order valence-electron chi connectivity index (χ4n) is 2.13. The third-order valence-corrected chi connectivity index (χ3v) is 3.14. The lowest BCUT2D eigenvalue weighted by atomic mass is 9.99. The normalized spacial score (nSPS) is 12.3. The van der Waals surface area contributed by atoms with Crippen molar-refractivity contribution in [3.05, 3.63) is 41.7 Å². The Morgan fingerprint density at radius 2 is 1.90 bits per heavy atom. The number of halogens is 1. The first-order valence-electron chi connectivity index (χ1n) is 5.95. The van der Waals surface area contributed by atoms with Crippen LogP contribution in [0.1, 0.15) is 10.4 Å². The zero-order valence-corrected chi connectivity index (χ0v) is 10.7. The Bertz CT molecular complexity index is 682. The topological polar surface area (TPSA) is 44.8 Å². The van der Waals surface area contributed by atoms with Crippen LogP contribution in [0.4, 0.5) is 4.39 Å². The van der Waals surface area contributed by atoms with Gasteiger partial charge in [0.2, 0.25) is 6.79 Å². The Hall–Kier alpha value is -2.56. The van der Waals surface area contributed by atoms with Crippen molar-refractivity contribution in [2.45, 2.75) is 0 Å². The van der Waals surface area contributed by atoms with E-state index in [1.165, 1.54) is 19.2 Å². The maximum absolute atomic E-state index is 14.0. The summed E-state index contributed by atoms with van der Waals surface area (Å²) in [5.41, 5.74) is 1.06. The average molecular weight is 274 g/mol. The molecule has 0 saturated carbocycles. The van der Waals surface area contributed by atoms with Crippen molar-refractivity contribution in [1.29, 1.82) is 0 Å². The molecule has 1 heterocycles. The van der Waals surface area contributed by atoms with Crippen LogP contribution in [-0.4, -0.2) is 20.2 Å². The first-order chi connectivity index (χ1) is 9.72. The molecule has 5 heteroatoms. The van der Waals surface area contributed by atoms with E-state index in [4.69, 9.17) is 14.2 Å². The van der Waals surface area contributed by atoms with Crippen LogP contribution in [0.15, 0.2) is 30.3 Å². The third kappa shape index (κ3) is 1.97. The molecule has 0 N–H and O–H groups in total. The minimum Gasteiger partial charge on any atom is -0.497 e. The molecule has 2 aromatic rings. The number of aldehydes is 1. The van der Waals surface area contributed by atoms with Gasteiger partial charge in [0, 0.05) is 11.1 Å². The first kappa shape index (κ1) is 12.5. The van der Waals surface area contributed by atoms with Crippen LogP contribution in [0.5, 0.6) is 17.2 Å². The molecule has 0 radical (unpaired) electrons. The van der Waals surface area contributed by atoms with Crippen LogP contribution in [0, 0.1) is 5.82 Å². The van der Waals surface area contributed by atoms with E-state index in [1.807, 2.05) is 0 Å². The number of fused-ring (bicyclic) bond motifs is 1. The Labute approximate surface area is 114 Å². The minimum absolute atomic E-state index is 0.0949. The van der Waals surface area contributed by atoms with Crippen LogP contribution >= 0.6 is 0 Å². The summed E-state index contributed by atoms with van der Waals surface area (Å²) in [6.45, 7) is 0.0949. The van der Waals surface area contributed by atoms with Crippen LogP contribution in [-0.2, 0) is 0 Å². The molecule has 20 heavy (non-hydrogen) atoms.